The molecule has 2 aromatic rings. The molecule has 2 N–H and O–H groups in total. The van der Waals surface area contributed by atoms with E-state index in [-0.39, 0.29) is 6.61 Å². The molecule has 6 heteroatoms. The second-order valence-electron chi connectivity index (χ2n) is 4.48. The maximum Gasteiger partial charge on any atom is 0.338 e. The largest absolute Gasteiger partial charge is 0.457 e. The van der Waals surface area contributed by atoms with Crippen molar-refractivity contribution in [2.24, 2.45) is 0 Å². The summed E-state index contributed by atoms with van der Waals surface area (Å²) < 4.78 is 19.0. The third-order valence-electron chi connectivity index (χ3n) is 3.00. The van der Waals surface area contributed by atoms with Gasteiger partial charge < -0.3 is 10.5 Å². The van der Waals surface area contributed by atoms with Crippen LogP contribution in [-0.2, 0) is 11.3 Å². The minimum absolute atomic E-state index is 0.110. The summed E-state index contributed by atoms with van der Waals surface area (Å²) in [6.45, 7) is 1.62. The molecule has 0 radical (unpaired) electrons. The number of hydrogen-bond donors (Lipinski definition) is 1. The highest BCUT2D eigenvalue weighted by Crippen LogP contribution is 2.24. The maximum absolute atomic E-state index is 13.1. The molecule has 2 rings (SSSR count). The highest BCUT2D eigenvalue weighted by Gasteiger charge is 2.14. The van der Waals surface area contributed by atoms with Crippen LogP contribution in [0.3, 0.4) is 0 Å². The molecule has 0 aliphatic heterocycles. The number of carbonyl (C=O) groups is 1. The number of rotatable bonds is 3. The molecule has 21 heavy (non-hydrogen) atoms. The summed E-state index contributed by atoms with van der Waals surface area (Å²) in [4.78, 5) is 12.1. The van der Waals surface area contributed by atoms with E-state index in [9.17, 15) is 9.18 Å². The standard InChI is InChI=1S/C15H12BrClFNO2/c1-8-12(5-10(16)6-14(8)19)15(20)21-7-9-4-11(18)2-3-13(9)17/h2-6H,7,19H2,1H3. The van der Waals surface area contributed by atoms with Crippen LogP contribution in [0.2, 0.25) is 5.02 Å². The Morgan fingerprint density at radius 1 is 1.38 bits per heavy atom. The Balaban J connectivity index is 2.17. The van der Waals surface area contributed by atoms with E-state index in [0.717, 1.165) is 0 Å². The summed E-state index contributed by atoms with van der Waals surface area (Å²) in [6.07, 6.45) is 0. The fourth-order valence-electron chi connectivity index (χ4n) is 1.79. The van der Waals surface area contributed by atoms with E-state index in [1.807, 2.05) is 0 Å². The highest BCUT2D eigenvalue weighted by atomic mass is 79.9. The van der Waals surface area contributed by atoms with Crippen molar-refractivity contribution in [1.29, 1.82) is 0 Å². The van der Waals surface area contributed by atoms with Crippen LogP contribution in [-0.4, -0.2) is 5.97 Å². The van der Waals surface area contributed by atoms with Crippen molar-refractivity contribution < 1.29 is 13.9 Å². The van der Waals surface area contributed by atoms with Gasteiger partial charge in [0, 0.05) is 20.7 Å². The van der Waals surface area contributed by atoms with Gasteiger partial charge in [0.1, 0.15) is 12.4 Å². The lowest BCUT2D eigenvalue weighted by atomic mass is 10.1. The van der Waals surface area contributed by atoms with Gasteiger partial charge in [-0.05, 0) is 42.8 Å². The Labute approximate surface area is 135 Å². The van der Waals surface area contributed by atoms with Crippen molar-refractivity contribution in [3.8, 4) is 0 Å². The molecule has 0 aromatic heterocycles. The van der Waals surface area contributed by atoms with Crippen LogP contribution in [0.1, 0.15) is 21.5 Å². The molecule has 0 unspecified atom stereocenters. The molecule has 3 nitrogen and oxygen atoms in total. The lowest BCUT2D eigenvalue weighted by Crippen LogP contribution is -2.09. The van der Waals surface area contributed by atoms with Crippen molar-refractivity contribution in [3.05, 3.63) is 62.3 Å². The predicted molar refractivity (Wildman–Crippen MR) is 83.8 cm³/mol. The van der Waals surface area contributed by atoms with Gasteiger partial charge in [-0.2, -0.15) is 0 Å². The van der Waals surface area contributed by atoms with Gasteiger partial charge in [0.15, 0.2) is 0 Å². The van der Waals surface area contributed by atoms with Crippen LogP contribution < -0.4 is 5.73 Å². The number of esters is 1. The first kappa shape index (κ1) is 15.8. The molecular weight excluding hydrogens is 361 g/mol. The van der Waals surface area contributed by atoms with Gasteiger partial charge in [-0.25, -0.2) is 9.18 Å². The van der Waals surface area contributed by atoms with E-state index in [2.05, 4.69) is 15.9 Å². The van der Waals surface area contributed by atoms with Crippen LogP contribution in [0.25, 0.3) is 0 Å². The maximum atomic E-state index is 13.1. The number of nitrogen functional groups attached to an aromatic ring is 1. The van der Waals surface area contributed by atoms with E-state index < -0.39 is 11.8 Å². The average Bonchev–Trinajstić information content (AvgIpc) is 2.43. The van der Waals surface area contributed by atoms with Crippen LogP contribution >= 0.6 is 27.5 Å². The Morgan fingerprint density at radius 3 is 2.81 bits per heavy atom. The second-order valence-corrected chi connectivity index (χ2v) is 5.80. The van der Waals surface area contributed by atoms with Gasteiger partial charge in [0.25, 0.3) is 0 Å². The van der Waals surface area contributed by atoms with Crippen molar-refractivity contribution in [3.63, 3.8) is 0 Å². The first-order chi connectivity index (χ1) is 9.88. The third-order valence-corrected chi connectivity index (χ3v) is 3.83. The molecule has 0 saturated carbocycles. The number of nitrogens with two attached hydrogens (primary N) is 1. The molecular formula is C15H12BrClFNO2. The molecule has 0 bridgehead atoms. The molecule has 0 aliphatic carbocycles. The van der Waals surface area contributed by atoms with Gasteiger partial charge in [0.05, 0.1) is 5.56 Å². The van der Waals surface area contributed by atoms with E-state index in [1.54, 1.807) is 19.1 Å². The molecule has 0 aliphatic rings. The summed E-state index contributed by atoms with van der Waals surface area (Å²) in [5, 5.41) is 0.342. The number of benzene rings is 2. The van der Waals surface area contributed by atoms with Gasteiger partial charge in [-0.1, -0.05) is 27.5 Å². The Hall–Kier alpha value is -1.59. The summed E-state index contributed by atoms with van der Waals surface area (Å²) in [5.41, 5.74) is 7.69. The van der Waals surface area contributed by atoms with E-state index in [4.69, 9.17) is 22.1 Å². The second kappa shape index (κ2) is 6.45. The SMILES string of the molecule is Cc1c(N)cc(Br)cc1C(=O)OCc1cc(F)ccc1Cl. The lowest BCUT2D eigenvalue weighted by molar-refractivity contribution is 0.0471. The molecule has 110 valence electrons. The van der Waals surface area contributed by atoms with Crippen LogP contribution in [0, 0.1) is 12.7 Å². The van der Waals surface area contributed by atoms with Gasteiger partial charge in [-0.3, -0.25) is 0 Å². The predicted octanol–water partition coefficient (Wildman–Crippen LogP) is 4.49. The van der Waals surface area contributed by atoms with E-state index in [0.29, 0.717) is 31.9 Å². The topological polar surface area (TPSA) is 52.3 Å². The van der Waals surface area contributed by atoms with Crippen LogP contribution in [0.5, 0.6) is 0 Å². The summed E-state index contributed by atoms with van der Waals surface area (Å²) in [5.74, 6) is -0.978. The molecule has 0 fully saturated rings. The van der Waals surface area contributed by atoms with Gasteiger partial charge >= 0.3 is 5.97 Å². The zero-order valence-electron chi connectivity index (χ0n) is 11.1. The summed E-state index contributed by atoms with van der Waals surface area (Å²) in [7, 11) is 0. The Bertz CT molecular complexity index is 706. The fraction of sp³-hybridized carbons (Fsp3) is 0.133. The first-order valence-corrected chi connectivity index (χ1v) is 7.22. The summed E-state index contributed by atoms with van der Waals surface area (Å²) >= 11 is 9.20. The van der Waals surface area contributed by atoms with Gasteiger partial charge in [0.2, 0.25) is 0 Å². The van der Waals surface area contributed by atoms with Crippen molar-refractivity contribution in [2.75, 3.05) is 5.73 Å². The number of halogens is 3. The zero-order valence-corrected chi connectivity index (χ0v) is 13.5. The Kier molecular flexibility index (Phi) is 4.85. The Morgan fingerprint density at radius 2 is 2.10 bits per heavy atom. The average molecular weight is 373 g/mol. The number of hydrogen-bond acceptors (Lipinski definition) is 3. The minimum atomic E-state index is -0.541. The third kappa shape index (κ3) is 3.74. The molecule has 0 atom stereocenters. The highest BCUT2D eigenvalue weighted by molar-refractivity contribution is 9.10. The fourth-order valence-corrected chi connectivity index (χ4v) is 2.43. The van der Waals surface area contributed by atoms with E-state index >= 15 is 0 Å². The molecule has 0 saturated heterocycles. The number of carbonyl (C=O) groups excluding carboxylic acids is 1. The molecule has 0 heterocycles. The monoisotopic (exact) mass is 371 g/mol. The molecule has 0 amide bonds. The number of ether oxygens (including phenoxy) is 1. The van der Waals surface area contributed by atoms with Crippen molar-refractivity contribution in [1.82, 2.24) is 0 Å². The normalized spacial score (nSPS) is 10.5. The van der Waals surface area contributed by atoms with E-state index in [1.165, 1.54) is 18.2 Å². The van der Waals surface area contributed by atoms with Crippen molar-refractivity contribution in [2.45, 2.75) is 13.5 Å². The zero-order chi connectivity index (χ0) is 15.6. The smallest absolute Gasteiger partial charge is 0.338 e. The van der Waals surface area contributed by atoms with Gasteiger partial charge in [-0.15, -0.1) is 0 Å². The lowest BCUT2D eigenvalue weighted by Gasteiger charge is -2.10. The molecule has 0 spiro atoms. The first-order valence-electron chi connectivity index (χ1n) is 6.05. The number of anilines is 1. The minimum Gasteiger partial charge on any atom is -0.457 e. The quantitative estimate of drug-likeness (QED) is 0.638. The van der Waals surface area contributed by atoms with Crippen molar-refractivity contribution >= 4 is 39.2 Å². The summed E-state index contributed by atoms with van der Waals surface area (Å²) in [6, 6.07) is 7.23. The van der Waals surface area contributed by atoms with Crippen LogP contribution in [0.4, 0.5) is 10.1 Å². The van der Waals surface area contributed by atoms with Crippen LogP contribution in [0.15, 0.2) is 34.8 Å². The molecule has 2 aromatic carbocycles.